The van der Waals surface area contributed by atoms with E-state index in [-0.39, 0.29) is 35.2 Å². The molecule has 1 aromatic rings. The number of sulfone groups is 1. The molecule has 2 heterocycles. The molecule has 3 rings (SSSR count). The fourth-order valence-electron chi connectivity index (χ4n) is 3.17. The van der Waals surface area contributed by atoms with Crippen LogP contribution in [0.5, 0.6) is 11.5 Å². The number of rotatable bonds is 5. The Hall–Kier alpha value is -1.94. The van der Waals surface area contributed by atoms with E-state index < -0.39 is 9.84 Å². The van der Waals surface area contributed by atoms with Crippen molar-refractivity contribution in [1.29, 1.82) is 0 Å². The van der Waals surface area contributed by atoms with E-state index in [0.717, 1.165) is 5.69 Å². The fourth-order valence-corrected chi connectivity index (χ4v) is 6.11. The predicted molar refractivity (Wildman–Crippen MR) is 107 cm³/mol. The lowest BCUT2D eigenvalue weighted by Crippen LogP contribution is -2.39. The third-order valence-corrected chi connectivity index (χ3v) is 7.23. The predicted octanol–water partition coefficient (Wildman–Crippen LogP) is 0.867. The van der Waals surface area contributed by atoms with Gasteiger partial charge in [-0.15, -0.1) is 0 Å². The number of fused-ring (bicyclic) bond motifs is 1. The molecule has 0 aliphatic carbocycles. The van der Waals surface area contributed by atoms with Crippen molar-refractivity contribution in [2.45, 2.75) is 12.1 Å². The molecule has 0 spiro atoms. The summed E-state index contributed by atoms with van der Waals surface area (Å²) in [5.74, 6) is 1.42. The highest BCUT2D eigenvalue weighted by Crippen LogP contribution is 2.38. The summed E-state index contributed by atoms with van der Waals surface area (Å²) in [7, 11) is 3.38. The van der Waals surface area contributed by atoms with E-state index in [2.05, 4.69) is 4.99 Å². The molecular formula is C17H23N3O5S2. The van der Waals surface area contributed by atoms with Crippen molar-refractivity contribution in [1.82, 2.24) is 4.90 Å². The quantitative estimate of drug-likeness (QED) is 0.708. The lowest BCUT2D eigenvalue weighted by molar-refractivity contribution is -0.125. The van der Waals surface area contributed by atoms with Crippen molar-refractivity contribution < 1.29 is 22.7 Å². The molecule has 2 unspecified atom stereocenters. The van der Waals surface area contributed by atoms with Gasteiger partial charge in [-0.1, -0.05) is 11.8 Å². The van der Waals surface area contributed by atoms with Crippen LogP contribution in [0.25, 0.3) is 0 Å². The van der Waals surface area contributed by atoms with Crippen LogP contribution in [-0.2, 0) is 14.6 Å². The van der Waals surface area contributed by atoms with Gasteiger partial charge in [0.15, 0.2) is 26.5 Å². The van der Waals surface area contributed by atoms with Crippen LogP contribution in [-0.4, -0.2) is 82.0 Å². The molecule has 0 saturated carbocycles. The van der Waals surface area contributed by atoms with Gasteiger partial charge in [0.1, 0.15) is 0 Å². The zero-order valence-electron chi connectivity index (χ0n) is 15.7. The number of hydrogen-bond donors (Lipinski definition) is 0. The molecule has 8 nitrogen and oxygen atoms in total. The third kappa shape index (κ3) is 4.01. The summed E-state index contributed by atoms with van der Waals surface area (Å²) in [4.78, 5) is 20.0. The third-order valence-electron chi connectivity index (χ3n) is 4.58. The van der Waals surface area contributed by atoms with Gasteiger partial charge in [0.2, 0.25) is 5.91 Å². The van der Waals surface area contributed by atoms with E-state index in [1.54, 1.807) is 40.4 Å². The van der Waals surface area contributed by atoms with E-state index in [9.17, 15) is 13.2 Å². The molecule has 1 aromatic carbocycles. The number of aliphatic imine (C=N–C) groups is 1. The zero-order valence-corrected chi connectivity index (χ0v) is 17.3. The van der Waals surface area contributed by atoms with Gasteiger partial charge in [-0.05, 0) is 12.1 Å². The Morgan fingerprint density at radius 1 is 1.26 bits per heavy atom. The zero-order chi connectivity index (χ0) is 19.8. The minimum absolute atomic E-state index is 0.0281. The monoisotopic (exact) mass is 413 g/mol. The minimum Gasteiger partial charge on any atom is -0.493 e. The van der Waals surface area contributed by atoms with E-state index in [4.69, 9.17) is 9.47 Å². The maximum absolute atomic E-state index is 12.1. The molecule has 0 aromatic heterocycles. The smallest absolute Gasteiger partial charge is 0.232 e. The van der Waals surface area contributed by atoms with Crippen LogP contribution in [0.1, 0.15) is 0 Å². The molecule has 1 saturated heterocycles. The summed E-state index contributed by atoms with van der Waals surface area (Å²) in [5.41, 5.74) is 0.765. The second kappa shape index (κ2) is 7.59. The first kappa shape index (κ1) is 19.8. The second-order valence-electron chi connectivity index (χ2n) is 6.61. The molecule has 0 bridgehead atoms. The van der Waals surface area contributed by atoms with Crippen LogP contribution in [0.15, 0.2) is 23.2 Å². The summed E-state index contributed by atoms with van der Waals surface area (Å²) in [6.07, 6.45) is 0. The van der Waals surface area contributed by atoms with Crippen LogP contribution >= 0.6 is 11.8 Å². The van der Waals surface area contributed by atoms with E-state index >= 15 is 0 Å². The molecule has 2 aliphatic rings. The van der Waals surface area contributed by atoms with Crippen LogP contribution in [0.2, 0.25) is 0 Å². The number of benzene rings is 1. The minimum atomic E-state index is -3.13. The van der Waals surface area contributed by atoms with Crippen molar-refractivity contribution in [3.8, 4) is 11.5 Å². The highest BCUT2D eigenvalue weighted by molar-refractivity contribution is 8.14. The number of ether oxygens (including phenoxy) is 2. The van der Waals surface area contributed by atoms with Gasteiger partial charge in [-0.2, -0.15) is 0 Å². The number of methoxy groups -OCH3 is 2. The molecular weight excluding hydrogens is 390 g/mol. The molecule has 0 N–H and O–H groups in total. The first-order valence-electron chi connectivity index (χ1n) is 8.38. The highest BCUT2D eigenvalue weighted by Gasteiger charge is 2.47. The average molecular weight is 414 g/mol. The number of hydrogen-bond acceptors (Lipinski definition) is 8. The summed E-state index contributed by atoms with van der Waals surface area (Å²) in [6, 6.07) is 4.83. The summed E-state index contributed by atoms with van der Waals surface area (Å²) in [6.45, 7) is 0. The Balaban J connectivity index is 1.93. The first-order valence-corrected chi connectivity index (χ1v) is 11.2. The van der Waals surface area contributed by atoms with Gasteiger partial charge in [0, 0.05) is 25.8 Å². The maximum atomic E-state index is 12.1. The molecule has 1 fully saturated rings. The summed E-state index contributed by atoms with van der Waals surface area (Å²) >= 11 is 1.32. The number of anilines is 1. The van der Waals surface area contributed by atoms with Crippen molar-refractivity contribution in [3.63, 3.8) is 0 Å². The molecule has 10 heteroatoms. The van der Waals surface area contributed by atoms with Crippen LogP contribution in [0.3, 0.4) is 0 Å². The molecule has 27 heavy (non-hydrogen) atoms. The van der Waals surface area contributed by atoms with Gasteiger partial charge >= 0.3 is 0 Å². The fraction of sp³-hybridized carbons (Fsp3) is 0.529. The Labute approximate surface area is 163 Å². The van der Waals surface area contributed by atoms with E-state index in [0.29, 0.717) is 16.7 Å². The Kier molecular flexibility index (Phi) is 5.57. The van der Waals surface area contributed by atoms with Gasteiger partial charge in [-0.3, -0.25) is 9.79 Å². The molecule has 148 valence electrons. The second-order valence-corrected chi connectivity index (χ2v) is 9.71. The number of carbonyl (C=O) groups excluding carboxylic acids is 1. The number of nitrogens with zero attached hydrogens (tertiary/aromatic N) is 3. The van der Waals surface area contributed by atoms with Gasteiger partial charge in [0.25, 0.3) is 0 Å². The van der Waals surface area contributed by atoms with Crippen molar-refractivity contribution >= 4 is 38.4 Å². The normalized spacial score (nSPS) is 23.0. The number of thioether (sulfide) groups is 1. The SMILES string of the molecule is COc1ccc(N2C(SCC(=O)N(C)C)=NC3CS(=O)(=O)CC32)cc1OC. The van der Waals surface area contributed by atoms with Crippen LogP contribution in [0.4, 0.5) is 5.69 Å². The molecule has 1 amide bonds. The Bertz CT molecular complexity index is 869. The van der Waals surface area contributed by atoms with Crippen molar-refractivity contribution in [3.05, 3.63) is 18.2 Å². The van der Waals surface area contributed by atoms with E-state index in [1.807, 2.05) is 11.0 Å². The van der Waals surface area contributed by atoms with Gasteiger partial charge < -0.3 is 19.3 Å². The molecule has 0 radical (unpaired) electrons. The average Bonchev–Trinajstić information content (AvgIpc) is 3.09. The highest BCUT2D eigenvalue weighted by atomic mass is 32.2. The van der Waals surface area contributed by atoms with Crippen LogP contribution in [0, 0.1) is 0 Å². The van der Waals surface area contributed by atoms with Gasteiger partial charge in [0.05, 0.1) is 43.6 Å². The summed E-state index contributed by atoms with van der Waals surface area (Å²) < 4.78 is 34.9. The topological polar surface area (TPSA) is 88.5 Å². The van der Waals surface area contributed by atoms with Crippen molar-refractivity contribution in [2.75, 3.05) is 50.5 Å². The maximum Gasteiger partial charge on any atom is 0.232 e. The Morgan fingerprint density at radius 2 is 1.96 bits per heavy atom. The Morgan fingerprint density at radius 3 is 2.59 bits per heavy atom. The lowest BCUT2D eigenvalue weighted by Gasteiger charge is -2.27. The molecule has 2 atom stereocenters. The summed E-state index contributed by atoms with van der Waals surface area (Å²) in [5, 5.41) is 0.655. The number of amides is 1. The van der Waals surface area contributed by atoms with Crippen LogP contribution < -0.4 is 14.4 Å². The number of carbonyl (C=O) groups is 1. The van der Waals surface area contributed by atoms with E-state index in [1.165, 1.54) is 16.7 Å². The van der Waals surface area contributed by atoms with Gasteiger partial charge in [-0.25, -0.2) is 8.42 Å². The lowest BCUT2D eigenvalue weighted by atomic mass is 10.1. The number of amidine groups is 1. The molecule has 2 aliphatic heterocycles. The van der Waals surface area contributed by atoms with Crippen molar-refractivity contribution in [2.24, 2.45) is 4.99 Å². The first-order chi connectivity index (χ1) is 12.8. The largest absolute Gasteiger partial charge is 0.493 e. The standard InChI is InChI=1S/C17H23N3O5S2/c1-19(2)16(21)8-26-17-18-12-9-27(22,23)10-13(12)20(17)11-5-6-14(24-3)15(7-11)25-4/h5-7,12-13H,8-10H2,1-4H3.